The maximum absolute atomic E-state index is 14.1. The van der Waals surface area contributed by atoms with Gasteiger partial charge in [0, 0.05) is 33.8 Å². The van der Waals surface area contributed by atoms with Crippen molar-refractivity contribution < 1.29 is 17.6 Å². The van der Waals surface area contributed by atoms with Crippen LogP contribution in [-0.4, -0.2) is 32.3 Å². The van der Waals surface area contributed by atoms with E-state index in [-0.39, 0.29) is 22.5 Å². The normalized spacial score (nSPS) is 15.0. The van der Waals surface area contributed by atoms with E-state index in [9.17, 15) is 17.6 Å². The molecule has 1 amide bonds. The van der Waals surface area contributed by atoms with E-state index in [1.54, 1.807) is 42.5 Å². The Bertz CT molecular complexity index is 1340. The molecule has 4 rings (SSSR count). The van der Waals surface area contributed by atoms with Crippen LogP contribution in [-0.2, 0) is 21.4 Å². The third-order valence-electron chi connectivity index (χ3n) is 6.26. The van der Waals surface area contributed by atoms with Gasteiger partial charge in [-0.05, 0) is 86.9 Å². The average molecular weight is 550 g/mol. The Hall–Kier alpha value is -2.65. The zero-order chi connectivity index (χ0) is 25.9. The van der Waals surface area contributed by atoms with E-state index in [4.69, 9.17) is 23.2 Å². The summed E-state index contributed by atoms with van der Waals surface area (Å²) in [5.74, 6) is -0.638. The quantitative estimate of drug-likeness (QED) is 0.373. The highest BCUT2D eigenvalue weighted by Gasteiger charge is 2.26. The second kappa shape index (κ2) is 11.2. The van der Waals surface area contributed by atoms with Gasteiger partial charge in [-0.1, -0.05) is 35.3 Å². The highest BCUT2D eigenvalue weighted by molar-refractivity contribution is 7.92. The summed E-state index contributed by atoms with van der Waals surface area (Å²) in [7, 11) is -3.81. The van der Waals surface area contributed by atoms with Gasteiger partial charge in [0.25, 0.3) is 10.0 Å². The highest BCUT2D eigenvalue weighted by atomic mass is 35.5. The molecule has 190 valence electrons. The molecule has 36 heavy (non-hydrogen) atoms. The third kappa shape index (κ3) is 6.37. The zero-order valence-electron chi connectivity index (χ0n) is 19.6. The number of aryl methyl sites for hydroxylation is 1. The molecule has 1 aliphatic heterocycles. The van der Waals surface area contributed by atoms with Crippen LogP contribution < -0.4 is 10.0 Å². The van der Waals surface area contributed by atoms with E-state index in [1.807, 2.05) is 6.92 Å². The van der Waals surface area contributed by atoms with Crippen molar-refractivity contribution >= 4 is 50.5 Å². The van der Waals surface area contributed by atoms with Crippen LogP contribution in [0.2, 0.25) is 10.0 Å². The molecular formula is C26H26Cl2FN3O3S. The number of amides is 1. The first kappa shape index (κ1) is 26.4. The topological polar surface area (TPSA) is 78.5 Å². The first-order chi connectivity index (χ1) is 17.1. The second-order valence-corrected chi connectivity index (χ2v) is 11.3. The monoisotopic (exact) mass is 549 g/mol. The smallest absolute Gasteiger partial charge is 0.261 e. The predicted molar refractivity (Wildman–Crippen MR) is 141 cm³/mol. The standard InChI is InChI=1S/C26H26Cl2FN3O3S/c1-17-5-6-20(15-24(17)28)31-36(34,35)21-9-7-19(8-10-21)30-26(33)18-11-13-32(14-12-18)16-22-23(27)3-2-4-25(22)29/h2-10,15,18,31H,11-14,16H2,1H3,(H,30,33). The largest absolute Gasteiger partial charge is 0.326 e. The molecule has 0 bridgehead atoms. The first-order valence-electron chi connectivity index (χ1n) is 11.5. The number of sulfonamides is 1. The zero-order valence-corrected chi connectivity index (χ0v) is 21.9. The Kier molecular flexibility index (Phi) is 8.20. The van der Waals surface area contributed by atoms with Crippen LogP contribution in [0, 0.1) is 18.7 Å². The SMILES string of the molecule is Cc1ccc(NS(=O)(=O)c2ccc(NC(=O)C3CCN(Cc4c(F)cccc4Cl)CC3)cc2)cc1Cl. The molecule has 2 N–H and O–H groups in total. The van der Waals surface area contributed by atoms with E-state index in [2.05, 4.69) is 14.9 Å². The lowest BCUT2D eigenvalue weighted by Gasteiger charge is -2.31. The highest BCUT2D eigenvalue weighted by Crippen LogP contribution is 2.26. The van der Waals surface area contributed by atoms with Gasteiger partial charge >= 0.3 is 0 Å². The average Bonchev–Trinajstić information content (AvgIpc) is 2.84. The Labute approximate surface area is 220 Å². The molecule has 6 nitrogen and oxygen atoms in total. The minimum absolute atomic E-state index is 0.0670. The van der Waals surface area contributed by atoms with E-state index in [0.29, 0.717) is 59.5 Å². The lowest BCUT2D eigenvalue weighted by Crippen LogP contribution is -2.38. The molecule has 1 saturated heterocycles. The van der Waals surface area contributed by atoms with Crippen molar-refractivity contribution in [3.63, 3.8) is 0 Å². The number of anilines is 2. The van der Waals surface area contributed by atoms with Crippen molar-refractivity contribution in [1.82, 2.24) is 4.90 Å². The van der Waals surface area contributed by atoms with Crippen LogP contribution in [0.4, 0.5) is 15.8 Å². The maximum atomic E-state index is 14.1. The van der Waals surface area contributed by atoms with Gasteiger partial charge in [-0.15, -0.1) is 0 Å². The lowest BCUT2D eigenvalue weighted by atomic mass is 9.95. The maximum Gasteiger partial charge on any atom is 0.261 e. The number of nitrogens with zero attached hydrogens (tertiary/aromatic N) is 1. The van der Waals surface area contributed by atoms with Crippen molar-refractivity contribution in [3.05, 3.63) is 87.7 Å². The van der Waals surface area contributed by atoms with Crippen molar-refractivity contribution in [3.8, 4) is 0 Å². The molecule has 0 spiro atoms. The summed E-state index contributed by atoms with van der Waals surface area (Å²) < 4.78 is 42.0. The van der Waals surface area contributed by atoms with Crippen molar-refractivity contribution in [2.45, 2.75) is 31.2 Å². The molecule has 3 aromatic rings. The van der Waals surface area contributed by atoms with Crippen LogP contribution in [0.5, 0.6) is 0 Å². The van der Waals surface area contributed by atoms with Crippen molar-refractivity contribution in [2.75, 3.05) is 23.1 Å². The number of piperidine rings is 1. The number of rotatable bonds is 7. The van der Waals surface area contributed by atoms with Gasteiger partial charge in [-0.3, -0.25) is 14.4 Å². The molecule has 10 heteroatoms. The summed E-state index contributed by atoms with van der Waals surface area (Å²) >= 11 is 12.2. The number of carbonyl (C=O) groups is 1. The molecule has 1 aliphatic rings. The summed E-state index contributed by atoms with van der Waals surface area (Å²) in [5, 5.41) is 3.73. The summed E-state index contributed by atoms with van der Waals surface area (Å²) in [6.45, 7) is 3.53. The van der Waals surface area contributed by atoms with Gasteiger partial charge in [-0.2, -0.15) is 0 Å². The molecule has 0 radical (unpaired) electrons. The Morgan fingerprint density at radius 2 is 1.67 bits per heavy atom. The van der Waals surface area contributed by atoms with Gasteiger partial charge < -0.3 is 5.32 Å². The van der Waals surface area contributed by atoms with Crippen molar-refractivity contribution in [2.24, 2.45) is 5.92 Å². The predicted octanol–water partition coefficient (Wildman–Crippen LogP) is 6.09. The Morgan fingerprint density at radius 1 is 1.00 bits per heavy atom. The summed E-state index contributed by atoms with van der Waals surface area (Å²) in [5.41, 5.74) is 2.20. The van der Waals surface area contributed by atoms with Gasteiger partial charge in [0.05, 0.1) is 10.6 Å². The van der Waals surface area contributed by atoms with Crippen LogP contribution >= 0.6 is 23.2 Å². The Morgan fingerprint density at radius 3 is 2.31 bits per heavy atom. The van der Waals surface area contributed by atoms with Crippen molar-refractivity contribution in [1.29, 1.82) is 0 Å². The minimum Gasteiger partial charge on any atom is -0.326 e. The van der Waals surface area contributed by atoms with E-state index in [1.165, 1.54) is 18.2 Å². The summed E-state index contributed by atoms with van der Waals surface area (Å²) in [4.78, 5) is 14.9. The summed E-state index contributed by atoms with van der Waals surface area (Å²) in [6.07, 6.45) is 1.26. The molecule has 0 aromatic heterocycles. The number of hydrogen-bond donors (Lipinski definition) is 2. The van der Waals surface area contributed by atoms with E-state index >= 15 is 0 Å². The van der Waals surface area contributed by atoms with Crippen LogP contribution in [0.25, 0.3) is 0 Å². The third-order valence-corrected chi connectivity index (χ3v) is 8.42. The molecule has 0 atom stereocenters. The van der Waals surface area contributed by atoms with E-state index in [0.717, 1.165) is 5.56 Å². The first-order valence-corrected chi connectivity index (χ1v) is 13.7. The molecule has 3 aromatic carbocycles. The fourth-order valence-electron chi connectivity index (χ4n) is 4.09. The molecule has 1 heterocycles. The fourth-order valence-corrected chi connectivity index (χ4v) is 5.55. The number of benzene rings is 3. The van der Waals surface area contributed by atoms with Crippen LogP contribution in [0.3, 0.4) is 0 Å². The second-order valence-electron chi connectivity index (χ2n) is 8.83. The van der Waals surface area contributed by atoms with Gasteiger partial charge in [0.2, 0.25) is 5.91 Å². The molecule has 0 aliphatic carbocycles. The number of likely N-dealkylation sites (tertiary alicyclic amines) is 1. The van der Waals surface area contributed by atoms with Gasteiger partial charge in [-0.25, -0.2) is 12.8 Å². The van der Waals surface area contributed by atoms with Crippen LogP contribution in [0.15, 0.2) is 65.6 Å². The summed E-state index contributed by atoms with van der Waals surface area (Å²) in [6, 6.07) is 15.6. The van der Waals surface area contributed by atoms with Gasteiger partial charge in [0.1, 0.15) is 5.82 Å². The molecule has 0 saturated carbocycles. The number of carbonyl (C=O) groups excluding carboxylic acids is 1. The number of nitrogens with one attached hydrogen (secondary N) is 2. The van der Waals surface area contributed by atoms with E-state index < -0.39 is 10.0 Å². The Balaban J connectivity index is 1.31. The van der Waals surface area contributed by atoms with Gasteiger partial charge in [0.15, 0.2) is 0 Å². The lowest BCUT2D eigenvalue weighted by molar-refractivity contribution is -0.121. The number of hydrogen-bond acceptors (Lipinski definition) is 4. The molecule has 1 fully saturated rings. The molecule has 0 unspecified atom stereocenters. The number of halogens is 3. The minimum atomic E-state index is -3.81. The molecular weight excluding hydrogens is 524 g/mol. The van der Waals surface area contributed by atoms with Crippen LogP contribution in [0.1, 0.15) is 24.0 Å². The fraction of sp³-hybridized carbons (Fsp3) is 0.269.